The number of hydrogen-bond donors (Lipinski definition) is 1. The summed E-state index contributed by atoms with van der Waals surface area (Å²) in [5.74, 6) is 0.815. The van der Waals surface area contributed by atoms with Crippen LogP contribution in [-0.2, 0) is 24.3 Å². The standard InChI is InChI=1S/C19H21N3O2/c1-3-22-13-15(17-5-4-10-20-19(17)22)11-18(23)21-12-14-6-8-16(24-2)9-7-14/h4-10,13H,3,11-12H2,1-2H3,(H,21,23). The number of pyridine rings is 1. The molecule has 0 fully saturated rings. The van der Waals surface area contributed by atoms with Crippen LogP contribution in [0.1, 0.15) is 18.1 Å². The number of aryl methyl sites for hydroxylation is 1. The van der Waals surface area contributed by atoms with Crippen molar-refractivity contribution < 1.29 is 9.53 Å². The highest BCUT2D eigenvalue weighted by atomic mass is 16.5. The number of ether oxygens (including phenoxy) is 1. The Morgan fingerprint density at radius 2 is 2.04 bits per heavy atom. The number of nitrogens with one attached hydrogen (secondary N) is 1. The summed E-state index contributed by atoms with van der Waals surface area (Å²) in [6.07, 6.45) is 4.15. The molecule has 0 saturated carbocycles. The summed E-state index contributed by atoms with van der Waals surface area (Å²) in [4.78, 5) is 16.7. The molecule has 0 saturated heterocycles. The van der Waals surface area contributed by atoms with Gasteiger partial charge in [-0.3, -0.25) is 4.79 Å². The largest absolute Gasteiger partial charge is 0.497 e. The van der Waals surface area contributed by atoms with Crippen LogP contribution in [0.4, 0.5) is 0 Å². The van der Waals surface area contributed by atoms with Crippen LogP contribution in [0.15, 0.2) is 48.8 Å². The Morgan fingerprint density at radius 1 is 1.25 bits per heavy atom. The van der Waals surface area contributed by atoms with Gasteiger partial charge in [-0.2, -0.15) is 0 Å². The van der Waals surface area contributed by atoms with Crippen molar-refractivity contribution in [3.63, 3.8) is 0 Å². The number of fused-ring (bicyclic) bond motifs is 1. The second-order valence-electron chi connectivity index (χ2n) is 5.62. The Balaban J connectivity index is 1.66. The lowest BCUT2D eigenvalue weighted by Gasteiger charge is -2.06. The molecule has 124 valence electrons. The second-order valence-corrected chi connectivity index (χ2v) is 5.62. The van der Waals surface area contributed by atoms with Gasteiger partial charge in [0.25, 0.3) is 0 Å². The summed E-state index contributed by atoms with van der Waals surface area (Å²) in [7, 11) is 1.64. The third-order valence-electron chi connectivity index (χ3n) is 4.06. The Bertz CT molecular complexity index is 837. The molecule has 0 unspecified atom stereocenters. The van der Waals surface area contributed by atoms with Gasteiger partial charge in [-0.15, -0.1) is 0 Å². The quantitative estimate of drug-likeness (QED) is 0.759. The molecule has 5 heteroatoms. The van der Waals surface area contributed by atoms with Gasteiger partial charge in [0.15, 0.2) is 0 Å². The minimum atomic E-state index is 0.00447. The average Bonchev–Trinajstić information content (AvgIpc) is 2.98. The zero-order chi connectivity index (χ0) is 16.9. The van der Waals surface area contributed by atoms with Crippen molar-refractivity contribution in [1.82, 2.24) is 14.9 Å². The van der Waals surface area contributed by atoms with Crippen LogP contribution in [0.3, 0.4) is 0 Å². The van der Waals surface area contributed by atoms with Gasteiger partial charge >= 0.3 is 0 Å². The lowest BCUT2D eigenvalue weighted by molar-refractivity contribution is -0.120. The summed E-state index contributed by atoms with van der Waals surface area (Å²) < 4.78 is 7.20. The molecular weight excluding hydrogens is 302 g/mol. The first-order valence-corrected chi connectivity index (χ1v) is 8.03. The molecule has 2 aromatic heterocycles. The fraction of sp³-hybridized carbons (Fsp3) is 0.263. The Morgan fingerprint density at radius 3 is 2.75 bits per heavy atom. The summed E-state index contributed by atoms with van der Waals surface area (Å²) in [5, 5.41) is 4.01. The zero-order valence-electron chi connectivity index (χ0n) is 14.0. The molecule has 3 aromatic rings. The van der Waals surface area contributed by atoms with Crippen LogP contribution in [0.5, 0.6) is 5.75 Å². The van der Waals surface area contributed by atoms with Crippen LogP contribution >= 0.6 is 0 Å². The smallest absolute Gasteiger partial charge is 0.224 e. The van der Waals surface area contributed by atoms with E-state index in [1.807, 2.05) is 42.6 Å². The summed E-state index contributed by atoms with van der Waals surface area (Å²) in [6.45, 7) is 3.41. The molecule has 0 radical (unpaired) electrons. The predicted octanol–water partition coefficient (Wildman–Crippen LogP) is 2.92. The fourth-order valence-corrected chi connectivity index (χ4v) is 2.76. The van der Waals surface area contributed by atoms with Gasteiger partial charge in [-0.05, 0) is 42.3 Å². The van der Waals surface area contributed by atoms with Crippen molar-refractivity contribution in [3.8, 4) is 5.75 Å². The van der Waals surface area contributed by atoms with Crippen molar-refractivity contribution in [2.24, 2.45) is 0 Å². The van der Waals surface area contributed by atoms with Crippen molar-refractivity contribution in [3.05, 3.63) is 59.9 Å². The number of amides is 1. The topological polar surface area (TPSA) is 56.2 Å². The van der Waals surface area contributed by atoms with E-state index >= 15 is 0 Å². The fourth-order valence-electron chi connectivity index (χ4n) is 2.76. The molecule has 3 rings (SSSR count). The van der Waals surface area contributed by atoms with Crippen LogP contribution in [0, 0.1) is 0 Å². The number of nitrogens with zero attached hydrogens (tertiary/aromatic N) is 2. The third kappa shape index (κ3) is 3.40. The van der Waals surface area contributed by atoms with E-state index in [1.54, 1.807) is 13.3 Å². The first kappa shape index (κ1) is 16.1. The minimum Gasteiger partial charge on any atom is -0.497 e. The average molecular weight is 323 g/mol. The normalized spacial score (nSPS) is 10.8. The second kappa shape index (κ2) is 7.17. The molecule has 1 amide bonds. The first-order valence-electron chi connectivity index (χ1n) is 8.03. The van der Waals surface area contributed by atoms with Crippen LogP contribution < -0.4 is 10.1 Å². The molecule has 0 spiro atoms. The highest BCUT2D eigenvalue weighted by Gasteiger charge is 2.11. The van der Waals surface area contributed by atoms with E-state index in [-0.39, 0.29) is 5.91 Å². The minimum absolute atomic E-state index is 0.00447. The Kier molecular flexibility index (Phi) is 4.79. The van der Waals surface area contributed by atoms with Gasteiger partial charge < -0.3 is 14.6 Å². The van der Waals surface area contributed by atoms with Gasteiger partial charge in [-0.1, -0.05) is 12.1 Å². The zero-order valence-corrected chi connectivity index (χ0v) is 14.0. The predicted molar refractivity (Wildman–Crippen MR) is 94.0 cm³/mol. The van der Waals surface area contributed by atoms with Crippen LogP contribution in [0.25, 0.3) is 11.0 Å². The monoisotopic (exact) mass is 323 g/mol. The maximum atomic E-state index is 12.3. The molecule has 1 aromatic carbocycles. The molecule has 1 N–H and O–H groups in total. The third-order valence-corrected chi connectivity index (χ3v) is 4.06. The lowest BCUT2D eigenvalue weighted by atomic mass is 10.1. The van der Waals surface area contributed by atoms with Gasteiger partial charge in [-0.25, -0.2) is 4.98 Å². The van der Waals surface area contributed by atoms with E-state index in [4.69, 9.17) is 4.74 Å². The molecular formula is C19H21N3O2. The molecule has 24 heavy (non-hydrogen) atoms. The number of carbonyl (C=O) groups excluding carboxylic acids is 1. The summed E-state index contributed by atoms with van der Waals surface area (Å²) in [5.41, 5.74) is 2.98. The molecule has 0 bridgehead atoms. The van der Waals surface area contributed by atoms with Crippen molar-refractivity contribution >= 4 is 16.9 Å². The molecule has 2 heterocycles. The summed E-state index contributed by atoms with van der Waals surface area (Å²) in [6, 6.07) is 11.6. The van der Waals surface area contributed by atoms with E-state index < -0.39 is 0 Å². The SMILES string of the molecule is CCn1cc(CC(=O)NCc2ccc(OC)cc2)c2cccnc21. The highest BCUT2D eigenvalue weighted by Crippen LogP contribution is 2.20. The van der Waals surface area contributed by atoms with Gasteiger partial charge in [0.1, 0.15) is 11.4 Å². The van der Waals surface area contributed by atoms with Crippen LogP contribution in [0.2, 0.25) is 0 Å². The Hall–Kier alpha value is -2.82. The number of hydrogen-bond acceptors (Lipinski definition) is 3. The maximum absolute atomic E-state index is 12.3. The van der Waals surface area contributed by atoms with E-state index in [1.165, 1.54) is 0 Å². The molecule has 5 nitrogen and oxygen atoms in total. The lowest BCUT2D eigenvalue weighted by Crippen LogP contribution is -2.24. The number of methoxy groups -OCH3 is 1. The first-order chi connectivity index (χ1) is 11.7. The van der Waals surface area contributed by atoms with E-state index in [0.717, 1.165) is 34.5 Å². The Labute approximate surface area is 141 Å². The molecule has 0 aliphatic carbocycles. The van der Waals surface area contributed by atoms with Crippen LogP contribution in [-0.4, -0.2) is 22.6 Å². The van der Waals surface area contributed by atoms with Gasteiger partial charge in [0.2, 0.25) is 5.91 Å². The van der Waals surface area contributed by atoms with Crippen molar-refractivity contribution in [2.75, 3.05) is 7.11 Å². The number of benzene rings is 1. The van der Waals surface area contributed by atoms with Gasteiger partial charge in [0.05, 0.1) is 13.5 Å². The van der Waals surface area contributed by atoms with Crippen molar-refractivity contribution in [1.29, 1.82) is 0 Å². The number of carbonyl (C=O) groups is 1. The van der Waals surface area contributed by atoms with E-state index in [0.29, 0.717) is 13.0 Å². The highest BCUT2D eigenvalue weighted by molar-refractivity contribution is 5.87. The molecule has 0 aliphatic heterocycles. The summed E-state index contributed by atoms with van der Waals surface area (Å²) >= 11 is 0. The van der Waals surface area contributed by atoms with E-state index in [2.05, 4.69) is 21.8 Å². The van der Waals surface area contributed by atoms with E-state index in [9.17, 15) is 4.79 Å². The number of aromatic nitrogens is 2. The molecule has 0 aliphatic rings. The maximum Gasteiger partial charge on any atom is 0.224 e. The number of rotatable bonds is 6. The molecule has 0 atom stereocenters. The van der Waals surface area contributed by atoms with Gasteiger partial charge in [0, 0.05) is 30.9 Å². The van der Waals surface area contributed by atoms with Crippen molar-refractivity contribution in [2.45, 2.75) is 26.4 Å².